The van der Waals surface area contributed by atoms with Crippen LogP contribution in [0.15, 0.2) is 17.1 Å². The molecule has 0 aliphatic carbocycles. The number of hydrogen-bond donors (Lipinski definition) is 0. The standard InChI is InChI=1S/C16H23NO4/c1-5-21-16(20)14(8-11(2)3)17-10-13(6-7-18)12(4)9-15(17)19/h7,9-11,14H,5-6,8H2,1-4H3. The van der Waals surface area contributed by atoms with Crippen LogP contribution in [0.4, 0.5) is 0 Å². The number of rotatable bonds is 7. The summed E-state index contributed by atoms with van der Waals surface area (Å²) in [6.07, 6.45) is 3.14. The maximum atomic E-state index is 12.2. The number of nitrogens with zero attached hydrogens (tertiary/aromatic N) is 1. The summed E-state index contributed by atoms with van der Waals surface area (Å²) in [7, 11) is 0. The van der Waals surface area contributed by atoms with Gasteiger partial charge in [0.2, 0.25) is 0 Å². The molecule has 0 saturated heterocycles. The fourth-order valence-electron chi connectivity index (χ4n) is 2.24. The first-order valence-electron chi connectivity index (χ1n) is 7.22. The Morgan fingerprint density at radius 3 is 2.62 bits per heavy atom. The molecule has 1 heterocycles. The zero-order valence-corrected chi connectivity index (χ0v) is 13.1. The molecular formula is C16H23NO4. The molecule has 0 bridgehead atoms. The Morgan fingerprint density at radius 2 is 2.10 bits per heavy atom. The summed E-state index contributed by atoms with van der Waals surface area (Å²) in [6.45, 7) is 7.76. The van der Waals surface area contributed by atoms with Crippen molar-refractivity contribution in [3.05, 3.63) is 33.7 Å². The predicted octanol–water partition coefficient (Wildman–Crippen LogP) is 2.05. The number of hydrogen-bond acceptors (Lipinski definition) is 4. The average molecular weight is 293 g/mol. The average Bonchev–Trinajstić information content (AvgIpc) is 2.39. The fourth-order valence-corrected chi connectivity index (χ4v) is 2.24. The van der Waals surface area contributed by atoms with Gasteiger partial charge in [-0.05, 0) is 37.3 Å². The second-order valence-electron chi connectivity index (χ2n) is 5.50. The number of carbonyl (C=O) groups is 2. The van der Waals surface area contributed by atoms with Gasteiger partial charge in [0.1, 0.15) is 12.3 Å². The molecule has 5 heteroatoms. The Kier molecular flexibility index (Phi) is 6.34. The molecule has 5 nitrogen and oxygen atoms in total. The van der Waals surface area contributed by atoms with Crippen LogP contribution in [-0.4, -0.2) is 23.4 Å². The maximum absolute atomic E-state index is 12.2. The molecule has 0 aliphatic rings. The summed E-state index contributed by atoms with van der Waals surface area (Å²) in [5.74, 6) is -0.170. The van der Waals surface area contributed by atoms with Gasteiger partial charge in [0.05, 0.1) is 6.61 Å². The lowest BCUT2D eigenvalue weighted by molar-refractivity contribution is -0.147. The minimum absolute atomic E-state index is 0.226. The number of ether oxygens (including phenoxy) is 1. The van der Waals surface area contributed by atoms with Crippen LogP contribution in [-0.2, 0) is 20.7 Å². The molecule has 0 spiro atoms. The van der Waals surface area contributed by atoms with Crippen LogP contribution < -0.4 is 5.56 Å². The van der Waals surface area contributed by atoms with Gasteiger partial charge in [0, 0.05) is 18.7 Å². The highest BCUT2D eigenvalue weighted by molar-refractivity contribution is 5.74. The van der Waals surface area contributed by atoms with Gasteiger partial charge in [-0.1, -0.05) is 13.8 Å². The quantitative estimate of drug-likeness (QED) is 0.570. The Bertz CT molecular complexity index is 560. The highest BCUT2D eigenvalue weighted by Gasteiger charge is 2.24. The van der Waals surface area contributed by atoms with Crippen LogP contribution in [0.3, 0.4) is 0 Å². The van der Waals surface area contributed by atoms with E-state index in [4.69, 9.17) is 4.74 Å². The monoisotopic (exact) mass is 293 g/mol. The van der Waals surface area contributed by atoms with Crippen molar-refractivity contribution in [2.24, 2.45) is 5.92 Å². The second kappa shape index (κ2) is 7.76. The van der Waals surface area contributed by atoms with E-state index in [-0.39, 0.29) is 24.5 Å². The van der Waals surface area contributed by atoms with Gasteiger partial charge in [-0.15, -0.1) is 0 Å². The van der Waals surface area contributed by atoms with Crippen molar-refractivity contribution >= 4 is 12.3 Å². The smallest absolute Gasteiger partial charge is 0.329 e. The van der Waals surface area contributed by atoms with Crippen molar-refractivity contribution in [3.8, 4) is 0 Å². The third kappa shape index (κ3) is 4.55. The van der Waals surface area contributed by atoms with E-state index in [0.29, 0.717) is 6.42 Å². The third-order valence-corrected chi connectivity index (χ3v) is 3.29. The highest BCUT2D eigenvalue weighted by Crippen LogP contribution is 2.19. The molecule has 0 aromatic carbocycles. The molecule has 1 aromatic rings. The van der Waals surface area contributed by atoms with Gasteiger partial charge in [-0.2, -0.15) is 0 Å². The van der Waals surface area contributed by atoms with E-state index in [1.54, 1.807) is 20.0 Å². The van der Waals surface area contributed by atoms with Gasteiger partial charge in [-0.3, -0.25) is 4.79 Å². The number of aromatic nitrogens is 1. The first kappa shape index (κ1) is 17.1. The highest BCUT2D eigenvalue weighted by atomic mass is 16.5. The van der Waals surface area contributed by atoms with Gasteiger partial charge in [-0.25, -0.2) is 4.79 Å². The van der Waals surface area contributed by atoms with Crippen LogP contribution in [0, 0.1) is 12.8 Å². The number of carbonyl (C=O) groups excluding carboxylic acids is 2. The van der Waals surface area contributed by atoms with Crippen molar-refractivity contribution in [3.63, 3.8) is 0 Å². The molecular weight excluding hydrogens is 270 g/mol. The summed E-state index contributed by atoms with van der Waals surface area (Å²) >= 11 is 0. The van der Waals surface area contributed by atoms with E-state index in [9.17, 15) is 14.4 Å². The van der Waals surface area contributed by atoms with Gasteiger partial charge < -0.3 is 14.1 Å². The summed E-state index contributed by atoms with van der Waals surface area (Å²) < 4.78 is 6.47. The third-order valence-electron chi connectivity index (χ3n) is 3.29. The molecule has 0 fully saturated rings. The topological polar surface area (TPSA) is 65.4 Å². The maximum Gasteiger partial charge on any atom is 0.329 e. The number of esters is 1. The van der Waals surface area contributed by atoms with Gasteiger partial charge in [0.25, 0.3) is 5.56 Å². The Morgan fingerprint density at radius 1 is 1.43 bits per heavy atom. The number of aryl methyl sites for hydroxylation is 1. The first-order valence-corrected chi connectivity index (χ1v) is 7.22. The molecule has 1 aromatic heterocycles. The fraction of sp³-hybridized carbons (Fsp3) is 0.562. The molecule has 1 atom stereocenters. The lowest BCUT2D eigenvalue weighted by atomic mass is 10.0. The normalized spacial score (nSPS) is 12.2. The lowest BCUT2D eigenvalue weighted by Crippen LogP contribution is -2.32. The Labute approximate surface area is 124 Å². The van der Waals surface area contributed by atoms with Crippen LogP contribution in [0.2, 0.25) is 0 Å². The van der Waals surface area contributed by atoms with Gasteiger partial charge in [0.15, 0.2) is 0 Å². The lowest BCUT2D eigenvalue weighted by Gasteiger charge is -2.21. The molecule has 0 radical (unpaired) electrons. The van der Waals surface area contributed by atoms with Crippen molar-refractivity contribution in [2.45, 2.75) is 46.6 Å². The van der Waals surface area contributed by atoms with E-state index in [1.807, 2.05) is 13.8 Å². The van der Waals surface area contributed by atoms with Crippen LogP contribution in [0.25, 0.3) is 0 Å². The molecule has 0 N–H and O–H groups in total. The summed E-state index contributed by atoms with van der Waals surface area (Å²) in [6, 6.07) is 0.814. The molecule has 116 valence electrons. The molecule has 0 aliphatic heterocycles. The zero-order valence-electron chi connectivity index (χ0n) is 13.1. The zero-order chi connectivity index (χ0) is 16.0. The largest absolute Gasteiger partial charge is 0.464 e. The van der Waals surface area contributed by atoms with Crippen LogP contribution >= 0.6 is 0 Å². The van der Waals surface area contributed by atoms with E-state index in [1.165, 1.54) is 10.6 Å². The van der Waals surface area contributed by atoms with Gasteiger partial charge >= 0.3 is 5.97 Å². The summed E-state index contributed by atoms with van der Waals surface area (Å²) in [5.41, 5.74) is 1.26. The van der Waals surface area contributed by atoms with E-state index in [0.717, 1.165) is 17.4 Å². The van der Waals surface area contributed by atoms with E-state index < -0.39 is 12.0 Å². The van der Waals surface area contributed by atoms with E-state index in [2.05, 4.69) is 0 Å². The molecule has 0 amide bonds. The first-order chi connectivity index (χ1) is 9.90. The summed E-state index contributed by atoms with van der Waals surface area (Å²) in [4.78, 5) is 35.1. The molecule has 1 rings (SSSR count). The van der Waals surface area contributed by atoms with Crippen molar-refractivity contribution in [1.82, 2.24) is 4.57 Å². The number of aldehydes is 1. The molecule has 21 heavy (non-hydrogen) atoms. The van der Waals surface area contributed by atoms with Crippen molar-refractivity contribution in [1.29, 1.82) is 0 Å². The molecule has 0 saturated carbocycles. The minimum atomic E-state index is -0.650. The van der Waals surface area contributed by atoms with Crippen LogP contribution in [0.1, 0.15) is 44.4 Å². The Balaban J connectivity index is 3.28. The van der Waals surface area contributed by atoms with E-state index >= 15 is 0 Å². The van der Waals surface area contributed by atoms with Crippen molar-refractivity contribution < 1.29 is 14.3 Å². The summed E-state index contributed by atoms with van der Waals surface area (Å²) in [5, 5.41) is 0. The minimum Gasteiger partial charge on any atom is -0.464 e. The SMILES string of the molecule is CCOC(=O)C(CC(C)C)n1cc(CC=O)c(C)cc1=O. The number of pyridine rings is 1. The Hall–Kier alpha value is -1.91. The molecule has 1 unspecified atom stereocenters. The second-order valence-corrected chi connectivity index (χ2v) is 5.50. The predicted molar refractivity (Wildman–Crippen MR) is 80.3 cm³/mol. The van der Waals surface area contributed by atoms with Crippen LogP contribution in [0.5, 0.6) is 0 Å². The van der Waals surface area contributed by atoms with Crippen molar-refractivity contribution in [2.75, 3.05) is 6.61 Å².